The van der Waals surface area contributed by atoms with Gasteiger partial charge in [0.15, 0.2) is 0 Å². The van der Waals surface area contributed by atoms with Crippen LogP contribution in [0.15, 0.2) is 18.2 Å². The number of nitro groups is 2. The Labute approximate surface area is 163 Å². The monoisotopic (exact) mass is 396 g/mol. The Kier molecular flexibility index (Phi) is 12.1. The van der Waals surface area contributed by atoms with Crippen molar-refractivity contribution in [1.82, 2.24) is 0 Å². The first-order chi connectivity index (χ1) is 13.6. The van der Waals surface area contributed by atoms with Crippen LogP contribution in [-0.4, -0.2) is 62.7 Å². The quantitative estimate of drug-likeness (QED) is 0.180. The zero-order valence-corrected chi connectivity index (χ0v) is 15.5. The van der Waals surface area contributed by atoms with E-state index in [0.717, 1.165) is 6.07 Å². The van der Waals surface area contributed by atoms with Crippen LogP contribution in [0.2, 0.25) is 0 Å². The van der Waals surface area contributed by atoms with Crippen molar-refractivity contribution in [2.24, 2.45) is 0 Å². The molecule has 0 amide bonds. The SMILES string of the molecule is C#CCOCCOCCOCCOCCCc1ccc([N+](=O)[O-])cc1[N+](=O)[O-]. The van der Waals surface area contributed by atoms with Gasteiger partial charge in [-0.3, -0.25) is 20.2 Å². The third kappa shape index (κ3) is 9.94. The first-order valence-electron chi connectivity index (χ1n) is 8.72. The standard InChI is InChI=1S/C18H24N2O8/c1-2-7-25-9-11-27-13-14-28-12-10-26-8-3-4-16-5-6-17(19(21)22)15-18(16)20(23)24/h1,5-6,15H,3-4,7-14H2. The number of nitro benzene ring substituents is 2. The van der Waals surface area contributed by atoms with Crippen LogP contribution in [0.5, 0.6) is 0 Å². The van der Waals surface area contributed by atoms with Gasteiger partial charge in [0.25, 0.3) is 11.4 Å². The van der Waals surface area contributed by atoms with Crippen LogP contribution in [0.4, 0.5) is 11.4 Å². The lowest BCUT2D eigenvalue weighted by molar-refractivity contribution is -0.394. The van der Waals surface area contributed by atoms with Crippen LogP contribution in [0.1, 0.15) is 12.0 Å². The maximum Gasteiger partial charge on any atom is 0.279 e. The number of rotatable bonds is 16. The van der Waals surface area contributed by atoms with Gasteiger partial charge >= 0.3 is 0 Å². The van der Waals surface area contributed by atoms with Gasteiger partial charge in [-0.1, -0.05) is 5.92 Å². The highest BCUT2D eigenvalue weighted by Crippen LogP contribution is 2.25. The van der Waals surface area contributed by atoms with Crippen molar-refractivity contribution in [2.75, 3.05) is 52.9 Å². The molecule has 0 aliphatic rings. The molecule has 0 fully saturated rings. The van der Waals surface area contributed by atoms with E-state index < -0.39 is 9.85 Å². The van der Waals surface area contributed by atoms with Crippen LogP contribution in [0.25, 0.3) is 0 Å². The number of hydrogen-bond donors (Lipinski definition) is 0. The fraction of sp³-hybridized carbons (Fsp3) is 0.556. The molecule has 0 aliphatic heterocycles. The van der Waals surface area contributed by atoms with E-state index in [2.05, 4.69) is 5.92 Å². The molecular weight excluding hydrogens is 372 g/mol. The van der Waals surface area contributed by atoms with E-state index in [1.54, 1.807) is 0 Å². The van der Waals surface area contributed by atoms with Crippen molar-refractivity contribution in [3.05, 3.63) is 44.0 Å². The molecule has 0 bridgehead atoms. The molecule has 10 nitrogen and oxygen atoms in total. The highest BCUT2D eigenvalue weighted by atomic mass is 16.6. The molecule has 154 valence electrons. The Morgan fingerprint density at radius 3 is 1.96 bits per heavy atom. The van der Waals surface area contributed by atoms with Gasteiger partial charge in [0.1, 0.15) is 6.61 Å². The first-order valence-corrected chi connectivity index (χ1v) is 8.72. The Bertz CT molecular complexity index is 659. The molecule has 0 aromatic heterocycles. The number of ether oxygens (including phenoxy) is 4. The predicted octanol–water partition coefficient (Wildman–Crippen LogP) is 2.14. The summed E-state index contributed by atoms with van der Waals surface area (Å²) in [5.41, 5.74) is -0.103. The Morgan fingerprint density at radius 1 is 0.857 bits per heavy atom. The lowest BCUT2D eigenvalue weighted by Gasteiger charge is -2.07. The van der Waals surface area contributed by atoms with Crippen LogP contribution in [0.3, 0.4) is 0 Å². The van der Waals surface area contributed by atoms with Gasteiger partial charge in [-0.05, 0) is 18.9 Å². The summed E-state index contributed by atoms with van der Waals surface area (Å²) in [6.45, 7) is 3.27. The minimum atomic E-state index is -0.655. The predicted molar refractivity (Wildman–Crippen MR) is 100 cm³/mol. The highest BCUT2D eigenvalue weighted by Gasteiger charge is 2.18. The van der Waals surface area contributed by atoms with E-state index >= 15 is 0 Å². The lowest BCUT2D eigenvalue weighted by atomic mass is 10.1. The molecule has 0 aliphatic carbocycles. The van der Waals surface area contributed by atoms with E-state index in [9.17, 15) is 20.2 Å². The third-order valence-corrected chi connectivity index (χ3v) is 3.51. The number of nitrogens with zero attached hydrogens (tertiary/aromatic N) is 2. The van der Waals surface area contributed by atoms with Crippen LogP contribution >= 0.6 is 0 Å². The van der Waals surface area contributed by atoms with E-state index in [-0.39, 0.29) is 18.0 Å². The van der Waals surface area contributed by atoms with E-state index in [1.165, 1.54) is 12.1 Å². The molecule has 28 heavy (non-hydrogen) atoms. The van der Waals surface area contributed by atoms with Gasteiger partial charge < -0.3 is 18.9 Å². The summed E-state index contributed by atoms with van der Waals surface area (Å²) in [6.07, 6.45) is 5.98. The normalized spacial score (nSPS) is 10.5. The molecule has 1 aromatic carbocycles. The van der Waals surface area contributed by atoms with Gasteiger partial charge in [-0.2, -0.15) is 0 Å². The Hall–Kier alpha value is -2.58. The minimum absolute atomic E-state index is 0.248. The van der Waals surface area contributed by atoms with Gasteiger partial charge in [-0.15, -0.1) is 6.42 Å². The summed E-state index contributed by atoms with van der Waals surface area (Å²) < 4.78 is 21.1. The maximum absolute atomic E-state index is 11.1. The summed E-state index contributed by atoms with van der Waals surface area (Å²) in [7, 11) is 0. The van der Waals surface area contributed by atoms with Crippen molar-refractivity contribution >= 4 is 11.4 Å². The number of non-ortho nitro benzene ring substituents is 1. The summed E-state index contributed by atoms with van der Waals surface area (Å²) in [4.78, 5) is 20.5. The van der Waals surface area contributed by atoms with Crippen molar-refractivity contribution in [1.29, 1.82) is 0 Å². The van der Waals surface area contributed by atoms with E-state index in [4.69, 9.17) is 25.4 Å². The molecule has 0 radical (unpaired) electrons. The van der Waals surface area contributed by atoms with E-state index in [1.807, 2.05) is 0 Å². The summed E-state index contributed by atoms with van der Waals surface area (Å²) in [6, 6.07) is 3.66. The van der Waals surface area contributed by atoms with Gasteiger partial charge in [0.2, 0.25) is 0 Å². The zero-order chi connectivity index (χ0) is 20.6. The molecule has 0 atom stereocenters. The number of aryl methyl sites for hydroxylation is 1. The van der Waals surface area contributed by atoms with Crippen LogP contribution in [0, 0.1) is 32.6 Å². The second-order valence-electron chi connectivity index (χ2n) is 5.52. The number of benzene rings is 1. The minimum Gasteiger partial charge on any atom is -0.379 e. The fourth-order valence-corrected chi connectivity index (χ4v) is 2.20. The molecule has 1 rings (SSSR count). The molecule has 1 aromatic rings. The molecule has 0 unspecified atom stereocenters. The molecule has 0 saturated heterocycles. The Morgan fingerprint density at radius 2 is 1.43 bits per heavy atom. The second kappa shape index (κ2) is 14.5. The average Bonchev–Trinajstić information content (AvgIpc) is 2.68. The highest BCUT2D eigenvalue weighted by molar-refractivity contribution is 5.49. The van der Waals surface area contributed by atoms with Crippen molar-refractivity contribution in [3.63, 3.8) is 0 Å². The third-order valence-electron chi connectivity index (χ3n) is 3.51. The van der Waals surface area contributed by atoms with Crippen molar-refractivity contribution in [2.45, 2.75) is 12.8 Å². The molecule has 0 heterocycles. The van der Waals surface area contributed by atoms with Crippen molar-refractivity contribution in [3.8, 4) is 12.3 Å². The van der Waals surface area contributed by atoms with Crippen molar-refractivity contribution < 1.29 is 28.8 Å². The lowest BCUT2D eigenvalue weighted by Crippen LogP contribution is -2.12. The fourth-order valence-electron chi connectivity index (χ4n) is 2.20. The second-order valence-corrected chi connectivity index (χ2v) is 5.52. The summed E-state index contributed by atoms with van der Waals surface area (Å²) >= 11 is 0. The average molecular weight is 396 g/mol. The van der Waals surface area contributed by atoms with Crippen LogP contribution < -0.4 is 0 Å². The molecule has 0 saturated carbocycles. The summed E-state index contributed by atoms with van der Waals surface area (Å²) in [5, 5.41) is 21.8. The molecular formula is C18H24N2O8. The van der Waals surface area contributed by atoms with Gasteiger partial charge in [0.05, 0.1) is 55.6 Å². The van der Waals surface area contributed by atoms with Gasteiger partial charge in [0, 0.05) is 18.2 Å². The Balaban J connectivity index is 2.08. The largest absolute Gasteiger partial charge is 0.379 e. The number of terminal acetylenes is 1. The topological polar surface area (TPSA) is 123 Å². The van der Waals surface area contributed by atoms with E-state index in [0.29, 0.717) is 64.7 Å². The van der Waals surface area contributed by atoms with Gasteiger partial charge in [-0.25, -0.2) is 0 Å². The molecule has 10 heteroatoms. The number of hydrogen-bond acceptors (Lipinski definition) is 8. The summed E-state index contributed by atoms with van der Waals surface area (Å²) in [5.74, 6) is 2.36. The zero-order valence-electron chi connectivity index (χ0n) is 15.5. The maximum atomic E-state index is 11.1. The molecule has 0 N–H and O–H groups in total. The first kappa shape index (κ1) is 23.5. The smallest absolute Gasteiger partial charge is 0.279 e. The van der Waals surface area contributed by atoms with Crippen LogP contribution in [-0.2, 0) is 25.4 Å². The molecule has 0 spiro atoms.